The molecule has 7 heteroatoms. The lowest BCUT2D eigenvalue weighted by molar-refractivity contribution is -0.153. The van der Waals surface area contributed by atoms with E-state index in [9.17, 15) is 24.6 Å². The van der Waals surface area contributed by atoms with E-state index >= 15 is 0 Å². The first-order chi connectivity index (χ1) is 13.0. The monoisotopic (exact) mass is 372 g/mol. The van der Waals surface area contributed by atoms with Gasteiger partial charge in [-0.3, -0.25) is 24.6 Å². The quantitative estimate of drug-likeness (QED) is 0.614. The summed E-state index contributed by atoms with van der Waals surface area (Å²) in [6, 6.07) is 8.74. The number of carboxylic acid groups (broad SMARTS) is 1. The molecule has 0 saturated carbocycles. The number of carbonyl (C=O) groups is 3. The number of hydrogen-bond donors (Lipinski definition) is 3. The molecule has 3 rings (SSSR count). The highest BCUT2D eigenvalue weighted by Gasteiger charge is 2.67. The summed E-state index contributed by atoms with van der Waals surface area (Å²) in [5.74, 6) is -4.16. The van der Waals surface area contributed by atoms with Gasteiger partial charge in [-0.1, -0.05) is 55.8 Å². The number of nitrogens with one attached hydrogen (secondary N) is 1. The average molecular weight is 372 g/mol. The molecule has 27 heavy (non-hydrogen) atoms. The molecular formula is C20H24N2O5. The van der Waals surface area contributed by atoms with E-state index in [0.717, 1.165) is 16.9 Å². The summed E-state index contributed by atoms with van der Waals surface area (Å²) in [4.78, 5) is 38.9. The second-order valence-corrected chi connectivity index (χ2v) is 7.06. The molecule has 4 atom stereocenters. The number of benzene rings is 1. The van der Waals surface area contributed by atoms with E-state index < -0.39 is 41.9 Å². The number of amides is 2. The zero-order chi connectivity index (χ0) is 19.6. The first-order valence-corrected chi connectivity index (χ1v) is 9.16. The van der Waals surface area contributed by atoms with Gasteiger partial charge in [0, 0.05) is 12.6 Å². The second kappa shape index (κ2) is 7.62. The summed E-state index contributed by atoms with van der Waals surface area (Å²) in [5.41, 5.74) is -0.961. The molecular weight excluding hydrogens is 348 g/mol. The van der Waals surface area contributed by atoms with Gasteiger partial charge in [0.1, 0.15) is 0 Å². The van der Waals surface area contributed by atoms with Crippen molar-refractivity contribution in [2.75, 3.05) is 13.2 Å². The molecule has 3 N–H and O–H groups in total. The Balaban J connectivity index is 1.96. The van der Waals surface area contributed by atoms with Gasteiger partial charge in [-0.05, 0) is 12.0 Å². The zero-order valence-electron chi connectivity index (χ0n) is 15.2. The molecule has 0 bridgehead atoms. The summed E-state index contributed by atoms with van der Waals surface area (Å²) in [6.07, 6.45) is 4.97. The van der Waals surface area contributed by atoms with Crippen molar-refractivity contribution in [3.05, 3.63) is 42.0 Å². The number of carboxylic acids is 1. The van der Waals surface area contributed by atoms with Crippen molar-refractivity contribution in [1.29, 1.82) is 0 Å². The number of aliphatic hydroxyl groups excluding tert-OH is 1. The number of likely N-dealkylation sites (tertiary alicyclic amines) is 1. The highest BCUT2D eigenvalue weighted by molar-refractivity contribution is 6.09. The van der Waals surface area contributed by atoms with E-state index in [-0.39, 0.29) is 12.5 Å². The number of hydrogen-bond acceptors (Lipinski definition) is 5. The minimum atomic E-state index is -1.86. The van der Waals surface area contributed by atoms with Gasteiger partial charge in [0.25, 0.3) is 0 Å². The number of nitrogens with zero attached hydrogens (tertiary/aromatic N) is 1. The number of rotatable bonds is 7. The van der Waals surface area contributed by atoms with Crippen LogP contribution in [0.25, 0.3) is 6.08 Å². The highest BCUT2D eigenvalue weighted by atomic mass is 16.4. The summed E-state index contributed by atoms with van der Waals surface area (Å²) >= 11 is 0. The predicted octanol–water partition coefficient (Wildman–Crippen LogP) is 0.889. The van der Waals surface area contributed by atoms with Crippen molar-refractivity contribution in [2.45, 2.75) is 31.3 Å². The normalized spacial score (nSPS) is 30.3. The van der Waals surface area contributed by atoms with Crippen molar-refractivity contribution in [1.82, 2.24) is 10.2 Å². The maximum atomic E-state index is 12.9. The van der Waals surface area contributed by atoms with E-state index in [0.29, 0.717) is 6.42 Å². The van der Waals surface area contributed by atoms with Gasteiger partial charge in [-0.15, -0.1) is 0 Å². The SMILES string of the molecule is CCCCN1C(=O)C2C(/C=C/c3ccccc3)NC(CO)(C(=O)O)C2C1=O. The van der Waals surface area contributed by atoms with Crippen LogP contribution < -0.4 is 5.32 Å². The smallest absolute Gasteiger partial charge is 0.327 e. The van der Waals surface area contributed by atoms with Crippen LogP contribution in [0.3, 0.4) is 0 Å². The largest absolute Gasteiger partial charge is 0.480 e. The van der Waals surface area contributed by atoms with E-state index in [1.807, 2.05) is 37.3 Å². The maximum Gasteiger partial charge on any atom is 0.327 e. The number of carbonyl (C=O) groups excluding carboxylic acids is 2. The molecule has 2 aliphatic heterocycles. The topological polar surface area (TPSA) is 107 Å². The Morgan fingerprint density at radius 2 is 1.96 bits per heavy atom. The fourth-order valence-corrected chi connectivity index (χ4v) is 4.00. The van der Waals surface area contributed by atoms with Crippen molar-refractivity contribution >= 4 is 23.9 Å². The molecule has 0 spiro atoms. The van der Waals surface area contributed by atoms with Crippen LogP contribution in [0, 0.1) is 11.8 Å². The van der Waals surface area contributed by atoms with Crippen molar-refractivity contribution in [3.63, 3.8) is 0 Å². The second-order valence-electron chi connectivity index (χ2n) is 7.06. The number of unbranched alkanes of at least 4 members (excludes halogenated alkanes) is 1. The molecule has 2 aliphatic rings. The molecule has 0 aromatic heterocycles. The Hall–Kier alpha value is -2.51. The van der Waals surface area contributed by atoms with Crippen LogP contribution in [-0.4, -0.2) is 57.6 Å². The fraction of sp³-hybridized carbons (Fsp3) is 0.450. The first-order valence-electron chi connectivity index (χ1n) is 9.16. The van der Waals surface area contributed by atoms with E-state index in [1.165, 1.54) is 0 Å². The molecule has 0 aliphatic carbocycles. The third-order valence-corrected chi connectivity index (χ3v) is 5.45. The molecule has 4 unspecified atom stereocenters. The lowest BCUT2D eigenvalue weighted by atomic mass is 9.80. The Morgan fingerprint density at radius 1 is 1.26 bits per heavy atom. The highest BCUT2D eigenvalue weighted by Crippen LogP contribution is 2.43. The van der Waals surface area contributed by atoms with Crippen LogP contribution in [0.5, 0.6) is 0 Å². The molecule has 7 nitrogen and oxygen atoms in total. The van der Waals surface area contributed by atoms with Crippen LogP contribution in [0.2, 0.25) is 0 Å². The van der Waals surface area contributed by atoms with Crippen LogP contribution >= 0.6 is 0 Å². The predicted molar refractivity (Wildman–Crippen MR) is 98.5 cm³/mol. The summed E-state index contributed by atoms with van der Waals surface area (Å²) in [6.45, 7) is 1.46. The zero-order valence-corrected chi connectivity index (χ0v) is 15.2. The van der Waals surface area contributed by atoms with Crippen LogP contribution in [-0.2, 0) is 14.4 Å². The van der Waals surface area contributed by atoms with E-state index in [2.05, 4.69) is 5.32 Å². The Bertz CT molecular complexity index is 763. The first kappa shape index (κ1) is 19.3. The van der Waals surface area contributed by atoms with Crippen molar-refractivity contribution in [2.24, 2.45) is 11.8 Å². The minimum absolute atomic E-state index is 0.275. The van der Waals surface area contributed by atoms with Gasteiger partial charge >= 0.3 is 5.97 Å². The Kier molecular flexibility index (Phi) is 5.43. The average Bonchev–Trinajstić information content (AvgIpc) is 3.14. The molecule has 2 saturated heterocycles. The van der Waals surface area contributed by atoms with Crippen molar-refractivity contribution in [3.8, 4) is 0 Å². The Morgan fingerprint density at radius 3 is 2.56 bits per heavy atom. The number of aliphatic carboxylic acids is 1. The third-order valence-electron chi connectivity index (χ3n) is 5.45. The molecule has 144 valence electrons. The van der Waals surface area contributed by atoms with Gasteiger partial charge in [0.2, 0.25) is 11.8 Å². The fourth-order valence-electron chi connectivity index (χ4n) is 4.00. The van der Waals surface area contributed by atoms with Gasteiger partial charge in [0.15, 0.2) is 5.54 Å². The number of imide groups is 1. The molecule has 2 heterocycles. The van der Waals surface area contributed by atoms with Crippen molar-refractivity contribution < 1.29 is 24.6 Å². The van der Waals surface area contributed by atoms with Crippen LogP contribution in [0.1, 0.15) is 25.3 Å². The molecule has 1 aromatic rings. The summed E-state index contributed by atoms with van der Waals surface area (Å²) < 4.78 is 0. The van der Waals surface area contributed by atoms with Gasteiger partial charge in [-0.2, -0.15) is 0 Å². The molecule has 2 fully saturated rings. The standard InChI is InChI=1S/C20H24N2O5/c1-2-3-11-22-17(24)15-14(10-9-13-7-5-4-6-8-13)21-20(12-23,19(26)27)16(15)18(22)25/h4-10,14-16,21,23H,2-3,11-12H2,1H3,(H,26,27)/b10-9+. The lowest BCUT2D eigenvalue weighted by Gasteiger charge is -2.28. The Labute approximate surface area is 157 Å². The van der Waals surface area contributed by atoms with Gasteiger partial charge < -0.3 is 10.2 Å². The molecule has 1 aromatic carbocycles. The maximum absolute atomic E-state index is 12.9. The number of fused-ring (bicyclic) bond motifs is 1. The summed E-state index contributed by atoms with van der Waals surface area (Å²) in [7, 11) is 0. The lowest BCUT2D eigenvalue weighted by Crippen LogP contribution is -2.59. The minimum Gasteiger partial charge on any atom is -0.480 e. The molecule has 0 radical (unpaired) electrons. The summed E-state index contributed by atoms with van der Waals surface area (Å²) in [5, 5.41) is 22.5. The number of aliphatic hydroxyl groups is 1. The van der Waals surface area contributed by atoms with Crippen LogP contribution in [0.4, 0.5) is 0 Å². The van der Waals surface area contributed by atoms with Gasteiger partial charge in [-0.25, -0.2) is 0 Å². The molecule has 2 amide bonds. The van der Waals surface area contributed by atoms with Gasteiger partial charge in [0.05, 0.1) is 18.4 Å². The van der Waals surface area contributed by atoms with E-state index in [1.54, 1.807) is 12.2 Å². The van der Waals surface area contributed by atoms with E-state index in [4.69, 9.17) is 0 Å². The van der Waals surface area contributed by atoms with Crippen LogP contribution in [0.15, 0.2) is 36.4 Å². The third kappa shape index (κ3) is 3.17.